The number of nitrogens with one attached hydrogen (secondary N) is 4. The third kappa shape index (κ3) is 12.6. The van der Waals surface area contributed by atoms with Crippen molar-refractivity contribution in [1.29, 1.82) is 0 Å². The number of fused-ring (bicyclic) bond motifs is 8. The van der Waals surface area contributed by atoms with Gasteiger partial charge in [0.15, 0.2) is 16.6 Å². The van der Waals surface area contributed by atoms with E-state index in [0.717, 1.165) is 44.0 Å². The highest BCUT2D eigenvalue weighted by Gasteiger charge is 2.29. The molecule has 4 aromatic heterocycles. The summed E-state index contributed by atoms with van der Waals surface area (Å²) in [5.41, 5.74) is 17.9. The Labute approximate surface area is 596 Å². The van der Waals surface area contributed by atoms with E-state index < -0.39 is 17.9 Å². The van der Waals surface area contributed by atoms with E-state index in [1.165, 1.54) is 32.2 Å². The van der Waals surface area contributed by atoms with Crippen LogP contribution in [0.25, 0.3) is 110 Å². The summed E-state index contributed by atoms with van der Waals surface area (Å²) in [7, 11) is 1.28. The number of phenolic OH excluding ortho intramolecular Hbond substituents is 1. The van der Waals surface area contributed by atoms with Crippen LogP contribution in [0.2, 0.25) is 0 Å². The van der Waals surface area contributed by atoms with Crippen LogP contribution < -0.4 is 37.9 Å². The van der Waals surface area contributed by atoms with Gasteiger partial charge in [-0.2, -0.15) is 0 Å². The number of phenols is 1. The zero-order valence-corrected chi connectivity index (χ0v) is 56.1. The van der Waals surface area contributed by atoms with Crippen molar-refractivity contribution in [2.24, 2.45) is 0 Å². The molecule has 0 saturated carbocycles. The van der Waals surface area contributed by atoms with Gasteiger partial charge in [0, 0.05) is 111 Å². The van der Waals surface area contributed by atoms with Gasteiger partial charge in [-0.3, -0.25) is 24.4 Å². The van der Waals surface area contributed by atoms with E-state index in [1.807, 2.05) is 97.1 Å². The average molecular weight is 1390 g/mol. The lowest BCUT2D eigenvalue weighted by molar-refractivity contribution is 0.0592. The molecule has 0 saturated heterocycles. The van der Waals surface area contributed by atoms with Gasteiger partial charge in [0.25, 0.3) is 0 Å². The molecule has 4 aliphatic rings. The number of carboxylic acids is 2. The molecular formula is C84H61N9O12. The fourth-order valence-electron chi connectivity index (χ4n) is 13.5. The number of nitrogens with two attached hydrogens (primary N) is 1. The number of ketones is 1. The van der Waals surface area contributed by atoms with Crippen LogP contribution in [0.1, 0.15) is 70.9 Å². The van der Waals surface area contributed by atoms with Crippen LogP contribution in [0.15, 0.2) is 249 Å². The zero-order chi connectivity index (χ0) is 72.6. The molecule has 2 aliphatic carbocycles. The lowest BCUT2D eigenvalue weighted by atomic mass is 9.88. The van der Waals surface area contributed by atoms with Crippen LogP contribution in [0, 0.1) is 0 Å². The van der Waals surface area contributed by atoms with E-state index in [4.69, 9.17) is 19.3 Å². The Kier molecular flexibility index (Phi) is 17.7. The number of nitrogens with zero attached hydrogens (tertiary/aromatic N) is 4. The minimum absolute atomic E-state index is 0.00943. The molecule has 0 spiro atoms. The number of pyridine rings is 4. The summed E-state index contributed by atoms with van der Waals surface area (Å²) in [6.07, 6.45) is 3.44. The first-order valence-corrected chi connectivity index (χ1v) is 33.3. The monoisotopic (exact) mass is 1390 g/mol. The quantitative estimate of drug-likeness (QED) is 0.0171. The highest BCUT2D eigenvalue weighted by Crippen LogP contribution is 2.47. The van der Waals surface area contributed by atoms with Crippen molar-refractivity contribution in [3.8, 4) is 50.7 Å². The van der Waals surface area contributed by atoms with Crippen molar-refractivity contribution in [1.82, 2.24) is 19.9 Å². The number of carboxylic acid groups (broad SMARTS) is 2. The number of hydrogen-bond donors (Lipinski definition) is 8. The topological polar surface area (TPSA) is 324 Å². The van der Waals surface area contributed by atoms with Crippen LogP contribution >= 0.6 is 0 Å². The molecule has 0 unspecified atom stereocenters. The summed E-state index contributed by atoms with van der Waals surface area (Å²) in [6.45, 7) is 1.86. The number of Topliss-reactive ketones (excluding diaryl/α,β-unsaturated/α-hetero) is 1. The summed E-state index contributed by atoms with van der Waals surface area (Å²) in [5, 5.41) is 50.0. The van der Waals surface area contributed by atoms with Crippen molar-refractivity contribution in [2.45, 2.75) is 33.1 Å². The number of aromatic nitrogens is 4. The summed E-state index contributed by atoms with van der Waals surface area (Å²) in [4.78, 5) is 95.2. The Bertz CT molecular complexity index is 6280. The molecule has 105 heavy (non-hydrogen) atoms. The van der Waals surface area contributed by atoms with Gasteiger partial charge in [-0.15, -0.1) is 0 Å². The zero-order valence-electron chi connectivity index (χ0n) is 56.1. The van der Waals surface area contributed by atoms with Crippen LogP contribution in [-0.4, -0.2) is 66.1 Å². The van der Waals surface area contributed by atoms with Crippen LogP contribution in [0.3, 0.4) is 0 Å². The lowest BCUT2D eigenvalue weighted by Crippen LogP contribution is -2.15. The summed E-state index contributed by atoms with van der Waals surface area (Å²) in [6, 6.07) is 63.7. The van der Waals surface area contributed by atoms with E-state index in [0.29, 0.717) is 106 Å². The van der Waals surface area contributed by atoms with Crippen molar-refractivity contribution >= 4 is 118 Å². The maximum atomic E-state index is 13.8. The number of ether oxygens (including phenoxy) is 1. The predicted octanol–water partition coefficient (Wildman–Crippen LogP) is 16.4. The first kappa shape index (κ1) is 66.5. The van der Waals surface area contributed by atoms with Gasteiger partial charge in [0.05, 0.1) is 79.7 Å². The molecule has 21 nitrogen and oxygen atoms in total. The fourth-order valence-corrected chi connectivity index (χ4v) is 13.5. The number of rotatable bonds is 18. The smallest absolute Gasteiger partial charge is 0.356 e. The third-order valence-corrected chi connectivity index (χ3v) is 18.6. The maximum absolute atomic E-state index is 13.8. The van der Waals surface area contributed by atoms with Crippen molar-refractivity contribution in [3.63, 3.8) is 0 Å². The molecule has 0 atom stereocenters. The first-order chi connectivity index (χ1) is 51.1. The Morgan fingerprint density at radius 1 is 0.429 bits per heavy atom. The fraction of sp³-hybridized carbons (Fsp3) is 0.0714. The number of aromatic carboxylic acids is 2. The van der Waals surface area contributed by atoms with E-state index in [1.54, 1.807) is 116 Å². The SMILES string of the molecule is COC(=O)c1ccc2cccc(NCc3c4oc5c(CNc6cccc7ccc(C(C)=O)nc67)c(N)ccc5c(-c5ccccc5C(=O)O)c-4ccc3=O)c2n1.O=C(O)c1ccccc1-c1c2ccc(=O)c(CNc3cccc4cccnc34)c-2oc2c(CNc3cccc4cccnc34)c(O)ccc12. The van der Waals surface area contributed by atoms with Crippen molar-refractivity contribution in [2.75, 3.05) is 34.1 Å². The number of methoxy groups -OCH3 is 1. The molecule has 0 fully saturated rings. The third-order valence-electron chi connectivity index (χ3n) is 18.6. The summed E-state index contributed by atoms with van der Waals surface area (Å²) in [5.74, 6) is -2.45. The molecule has 0 radical (unpaired) electrons. The van der Waals surface area contributed by atoms with Gasteiger partial charge >= 0.3 is 17.9 Å². The van der Waals surface area contributed by atoms with E-state index in [-0.39, 0.29) is 82.5 Å². The van der Waals surface area contributed by atoms with E-state index in [2.05, 4.69) is 41.2 Å². The van der Waals surface area contributed by atoms with E-state index >= 15 is 0 Å². The maximum Gasteiger partial charge on any atom is 0.356 e. The molecule has 9 N–H and O–H groups in total. The van der Waals surface area contributed by atoms with Gasteiger partial charge in [0.1, 0.15) is 39.8 Å². The number of carbonyl (C=O) groups is 4. The number of nitrogen functional groups attached to an aromatic ring is 1. The molecular weight excluding hydrogens is 1330 g/mol. The molecule has 0 bridgehead atoms. The number of anilines is 5. The minimum atomic E-state index is -1.12. The number of esters is 1. The van der Waals surface area contributed by atoms with Crippen molar-refractivity contribution < 1.29 is 48.1 Å². The van der Waals surface area contributed by atoms with Gasteiger partial charge in [-0.1, -0.05) is 109 Å². The number of para-hydroxylation sites is 4. The van der Waals surface area contributed by atoms with Crippen LogP contribution in [0.4, 0.5) is 28.4 Å². The second-order valence-electron chi connectivity index (χ2n) is 24.8. The molecule has 8 aromatic carbocycles. The van der Waals surface area contributed by atoms with Gasteiger partial charge in [-0.25, -0.2) is 24.4 Å². The summed E-state index contributed by atoms with van der Waals surface area (Å²) < 4.78 is 18.3. The average Bonchev–Trinajstić information content (AvgIpc) is 0.736. The normalized spacial score (nSPS) is 11.3. The van der Waals surface area contributed by atoms with Gasteiger partial charge in [-0.05, 0) is 120 Å². The highest BCUT2D eigenvalue weighted by atomic mass is 16.5. The Morgan fingerprint density at radius 3 is 1.31 bits per heavy atom. The van der Waals surface area contributed by atoms with Crippen LogP contribution in [0.5, 0.6) is 5.75 Å². The number of aromatic hydroxyl groups is 1. The standard InChI is InChI=1S/C44H33N5O7.C40H28N4O5/c1-23(50)33-18-13-24-7-5-11-34(39(24)48-33)46-21-30-32(45)17-15-28-38(26-9-3-4-10-27(26)43(52)53)29-16-20-37(51)31(42(29)56-41(28)30)22-47-35-12-6-8-25-14-19-36(44(54)55-2)49-40(25)35;45-33-17-15-27-35(25-11-1-2-12-26(25)40(47)48)28-16-18-34(46)30(22-44-32-14-4-8-24-10-6-20-42-37(24)32)39(28)49-38(27)29(33)21-43-31-13-3-7-23-9-5-19-41-36(23)31/h3-20,46-47H,21-22,45H2,1-2H3,(H,52,53);1-20,43-45H,21-22H2,(H,47,48). The molecule has 12 aromatic rings. The first-order valence-electron chi connectivity index (χ1n) is 33.3. The van der Waals surface area contributed by atoms with E-state index in [9.17, 15) is 44.1 Å². The molecule has 514 valence electrons. The number of hydrogen-bond acceptors (Lipinski definition) is 19. The molecule has 16 rings (SSSR count). The molecule has 0 amide bonds. The van der Waals surface area contributed by atoms with Gasteiger partial charge in [0.2, 0.25) is 0 Å². The molecule has 21 heteroatoms. The number of carbonyl (C=O) groups excluding carboxylic acids is 2. The second kappa shape index (κ2) is 28.0. The number of benzene rings is 10. The predicted molar refractivity (Wildman–Crippen MR) is 407 cm³/mol. The van der Waals surface area contributed by atoms with Gasteiger partial charge < -0.3 is 55.9 Å². The Hall–Kier alpha value is -14.3. The lowest BCUT2D eigenvalue weighted by Gasteiger charge is -2.21. The molecule has 2 aliphatic heterocycles. The van der Waals surface area contributed by atoms with Crippen LogP contribution in [-0.2, 0) is 30.9 Å². The Balaban J connectivity index is 0.000000170. The molecule has 6 heterocycles. The highest BCUT2D eigenvalue weighted by molar-refractivity contribution is 6.11. The second-order valence-corrected chi connectivity index (χ2v) is 24.8. The minimum Gasteiger partial charge on any atom is -0.507 e. The largest absolute Gasteiger partial charge is 0.507 e. The Morgan fingerprint density at radius 2 is 0.838 bits per heavy atom. The van der Waals surface area contributed by atoms with Crippen molar-refractivity contribution in [3.05, 3.63) is 296 Å². The summed E-state index contributed by atoms with van der Waals surface area (Å²) >= 11 is 0.